The second-order valence-corrected chi connectivity index (χ2v) is 12.6. The van der Waals surface area contributed by atoms with E-state index in [0.29, 0.717) is 48.6 Å². The van der Waals surface area contributed by atoms with Gasteiger partial charge in [0.25, 0.3) is 0 Å². The summed E-state index contributed by atoms with van der Waals surface area (Å²) >= 11 is 0. The minimum atomic E-state index is -0.682. The van der Waals surface area contributed by atoms with Crippen LogP contribution < -0.4 is 15.8 Å². The van der Waals surface area contributed by atoms with Gasteiger partial charge in [-0.05, 0) is 69.0 Å². The normalized spacial score (nSPS) is 32.6. The van der Waals surface area contributed by atoms with Crippen LogP contribution in [0.3, 0.4) is 0 Å². The van der Waals surface area contributed by atoms with Gasteiger partial charge in [-0.1, -0.05) is 25.1 Å². The van der Waals surface area contributed by atoms with Crippen molar-refractivity contribution in [3.63, 3.8) is 0 Å². The maximum atomic E-state index is 10.3. The van der Waals surface area contributed by atoms with E-state index in [0.717, 1.165) is 80.4 Å². The molecule has 4 N–H and O–H groups in total. The Bertz CT molecular complexity index is 1420. The molecule has 5 atom stereocenters. The number of nitrogen functional groups attached to an aromatic ring is 1. The maximum Gasteiger partial charge on any atom is 0.318 e. The number of rotatable bonds is 5. The van der Waals surface area contributed by atoms with E-state index in [1.807, 2.05) is 6.07 Å². The zero-order valence-corrected chi connectivity index (χ0v) is 23.2. The van der Waals surface area contributed by atoms with E-state index in [4.69, 9.17) is 25.2 Å². The number of nitriles is 1. The summed E-state index contributed by atoms with van der Waals surface area (Å²) in [6, 6.07) is 6.56. The molecule has 3 aliphatic heterocycles. The van der Waals surface area contributed by atoms with E-state index in [2.05, 4.69) is 35.9 Å². The van der Waals surface area contributed by atoms with Crippen LogP contribution in [0.2, 0.25) is 0 Å². The van der Waals surface area contributed by atoms with Crippen molar-refractivity contribution in [3.05, 3.63) is 52.2 Å². The topological polar surface area (TPSA) is 130 Å². The Hall–Kier alpha value is -3.19. The van der Waals surface area contributed by atoms with Crippen LogP contribution in [0.25, 0.3) is 0 Å². The van der Waals surface area contributed by atoms with Gasteiger partial charge in [0.15, 0.2) is 0 Å². The third kappa shape index (κ3) is 3.99. The summed E-state index contributed by atoms with van der Waals surface area (Å²) < 4.78 is 13.1. The highest BCUT2D eigenvalue weighted by molar-refractivity contribution is 5.64. The Labute approximate surface area is 235 Å². The van der Waals surface area contributed by atoms with Gasteiger partial charge in [-0.3, -0.25) is 4.90 Å². The fourth-order valence-electron chi connectivity index (χ4n) is 7.70. The molecule has 1 aromatic heterocycles. The van der Waals surface area contributed by atoms with E-state index >= 15 is 0 Å². The number of hydrogen-bond donors (Lipinski definition) is 3. The van der Waals surface area contributed by atoms with Crippen molar-refractivity contribution in [2.75, 3.05) is 30.7 Å². The lowest BCUT2D eigenvalue weighted by Crippen LogP contribution is -2.45. The summed E-state index contributed by atoms with van der Waals surface area (Å²) in [4.78, 5) is 12.3. The van der Waals surface area contributed by atoms with Gasteiger partial charge >= 0.3 is 6.01 Å². The molecule has 1 spiro atoms. The smallest absolute Gasteiger partial charge is 0.318 e. The summed E-state index contributed by atoms with van der Waals surface area (Å²) in [6.07, 6.45) is 6.71. The Balaban J connectivity index is 1.26. The Morgan fingerprint density at radius 2 is 2.15 bits per heavy atom. The molecular weight excluding hydrogens is 504 g/mol. The first-order chi connectivity index (χ1) is 19.3. The Morgan fingerprint density at radius 1 is 1.27 bits per heavy atom. The number of nitrogens with zero attached hydrogens (tertiary/aromatic N) is 4. The third-order valence-electron chi connectivity index (χ3n) is 10.1. The van der Waals surface area contributed by atoms with Gasteiger partial charge in [-0.15, -0.1) is 0 Å². The molecule has 5 aliphatic rings. The molecule has 2 aliphatic carbocycles. The average Bonchev–Trinajstić information content (AvgIpc) is 3.47. The van der Waals surface area contributed by atoms with E-state index < -0.39 is 11.7 Å². The minimum Gasteiger partial charge on any atom is -0.461 e. The number of aromatic nitrogens is 2. The zero-order chi connectivity index (χ0) is 27.6. The SMILES string of the molecule is C=C1CN2CCCC2(COc2nc3c(c(NC4CCC4O)n2)COC2(CCC(C)c4ccc(N)c(C#N)c42)C3)C1. The van der Waals surface area contributed by atoms with Crippen molar-refractivity contribution in [3.8, 4) is 12.1 Å². The van der Waals surface area contributed by atoms with Crippen LogP contribution >= 0.6 is 0 Å². The van der Waals surface area contributed by atoms with Crippen LogP contribution in [0.1, 0.15) is 85.7 Å². The van der Waals surface area contributed by atoms with Crippen LogP contribution in [-0.2, 0) is 23.4 Å². The molecule has 2 saturated heterocycles. The molecule has 3 fully saturated rings. The molecule has 0 radical (unpaired) electrons. The quantitative estimate of drug-likeness (QED) is 0.380. The molecule has 4 heterocycles. The summed E-state index contributed by atoms with van der Waals surface area (Å²) in [5.41, 5.74) is 11.7. The molecule has 210 valence electrons. The lowest BCUT2D eigenvalue weighted by atomic mass is 9.69. The number of anilines is 2. The van der Waals surface area contributed by atoms with E-state index in [1.165, 1.54) is 5.57 Å². The maximum absolute atomic E-state index is 10.3. The van der Waals surface area contributed by atoms with Gasteiger partial charge in [0.2, 0.25) is 0 Å². The molecule has 2 aromatic rings. The largest absolute Gasteiger partial charge is 0.461 e. The lowest BCUT2D eigenvalue weighted by molar-refractivity contribution is -0.0873. The van der Waals surface area contributed by atoms with Crippen molar-refractivity contribution in [1.29, 1.82) is 5.26 Å². The number of ether oxygens (including phenoxy) is 2. The Kier molecular flexibility index (Phi) is 6.08. The van der Waals surface area contributed by atoms with Crippen LogP contribution in [0.4, 0.5) is 11.5 Å². The molecule has 5 unspecified atom stereocenters. The summed E-state index contributed by atoms with van der Waals surface area (Å²) in [6.45, 7) is 9.28. The molecule has 0 amide bonds. The van der Waals surface area contributed by atoms with Crippen molar-refractivity contribution in [2.45, 2.75) is 94.1 Å². The molecule has 1 saturated carbocycles. The van der Waals surface area contributed by atoms with Crippen molar-refractivity contribution in [2.24, 2.45) is 0 Å². The van der Waals surface area contributed by atoms with Crippen molar-refractivity contribution in [1.82, 2.24) is 14.9 Å². The van der Waals surface area contributed by atoms with Crippen molar-refractivity contribution < 1.29 is 14.6 Å². The molecule has 40 heavy (non-hydrogen) atoms. The highest BCUT2D eigenvalue weighted by atomic mass is 16.5. The van der Waals surface area contributed by atoms with Crippen LogP contribution in [-0.4, -0.2) is 57.4 Å². The van der Waals surface area contributed by atoms with Gasteiger partial charge in [0.1, 0.15) is 24.1 Å². The van der Waals surface area contributed by atoms with Gasteiger partial charge in [0, 0.05) is 29.8 Å². The second kappa shape index (κ2) is 9.44. The first-order valence-corrected chi connectivity index (χ1v) is 14.7. The van der Waals surface area contributed by atoms with E-state index in [9.17, 15) is 10.4 Å². The third-order valence-corrected chi connectivity index (χ3v) is 10.1. The number of fused-ring (bicyclic) bond motifs is 4. The summed E-state index contributed by atoms with van der Waals surface area (Å²) in [5, 5.41) is 23.9. The number of nitrogens with one attached hydrogen (secondary N) is 1. The number of hydrogen-bond acceptors (Lipinski definition) is 9. The molecule has 9 heteroatoms. The minimum absolute atomic E-state index is 0.0316. The highest BCUT2D eigenvalue weighted by Crippen LogP contribution is 2.51. The average molecular weight is 543 g/mol. The molecule has 9 nitrogen and oxygen atoms in total. The zero-order valence-electron chi connectivity index (χ0n) is 23.2. The monoisotopic (exact) mass is 542 g/mol. The van der Waals surface area contributed by atoms with Crippen molar-refractivity contribution >= 4 is 11.5 Å². The van der Waals surface area contributed by atoms with Gasteiger partial charge in [-0.25, -0.2) is 0 Å². The fraction of sp³-hybridized carbons (Fsp3) is 0.581. The first-order valence-electron chi connectivity index (χ1n) is 14.7. The Morgan fingerprint density at radius 3 is 2.92 bits per heavy atom. The lowest BCUT2D eigenvalue weighted by Gasteiger charge is -2.45. The summed E-state index contributed by atoms with van der Waals surface area (Å²) in [5.74, 6) is 0.988. The summed E-state index contributed by atoms with van der Waals surface area (Å²) in [7, 11) is 0. The van der Waals surface area contributed by atoms with E-state index in [1.54, 1.807) is 0 Å². The van der Waals surface area contributed by atoms with Gasteiger partial charge in [0.05, 0.1) is 35.5 Å². The van der Waals surface area contributed by atoms with Gasteiger partial charge in [-0.2, -0.15) is 15.2 Å². The van der Waals surface area contributed by atoms with E-state index in [-0.39, 0.29) is 11.6 Å². The highest BCUT2D eigenvalue weighted by Gasteiger charge is 2.48. The number of benzene rings is 1. The van der Waals surface area contributed by atoms with Crippen LogP contribution in [0, 0.1) is 11.3 Å². The molecular formula is C31H38N6O3. The number of aliphatic hydroxyl groups is 1. The first kappa shape index (κ1) is 25.8. The molecule has 0 bridgehead atoms. The predicted octanol–water partition coefficient (Wildman–Crippen LogP) is 3.90. The number of nitrogens with two attached hydrogens (primary N) is 1. The standard InChI is InChI=1S/C31H38N6O3/c1-18-12-30(9-3-11-37(30)15-18)17-39-29-35-25-13-31(40-16-22(25)28(36-29)34-24-6-7-26(24)38)10-8-19(2)20-4-5-23(33)21(14-32)27(20)31/h4-5,19,24,26,38H,1,3,6-13,15-17,33H2,2H3,(H,34,35,36). The molecule has 1 aromatic carbocycles. The van der Waals surface area contributed by atoms with Gasteiger partial charge < -0.3 is 25.6 Å². The predicted molar refractivity (Wildman–Crippen MR) is 151 cm³/mol. The van der Waals surface area contributed by atoms with Crippen LogP contribution in [0.5, 0.6) is 6.01 Å². The fourth-order valence-corrected chi connectivity index (χ4v) is 7.70. The van der Waals surface area contributed by atoms with Crippen LogP contribution in [0.15, 0.2) is 24.3 Å². The number of aliphatic hydroxyl groups excluding tert-OH is 1. The second-order valence-electron chi connectivity index (χ2n) is 12.6. The molecule has 7 rings (SSSR count).